The topological polar surface area (TPSA) is 9.23 Å². The summed E-state index contributed by atoms with van der Waals surface area (Å²) in [6.45, 7) is 3.18. The van der Waals surface area contributed by atoms with Crippen molar-refractivity contribution < 1.29 is 4.74 Å². The standard InChI is InChI=1S/C6H11BrO/c1-5-2-6(3-7)8-4-5/h5-6H,2-4H2,1H3/t5-,6-/m0/s1. The zero-order valence-electron chi connectivity index (χ0n) is 5.06. The molecule has 0 aromatic rings. The molecule has 1 aliphatic heterocycles. The van der Waals surface area contributed by atoms with Gasteiger partial charge in [0.2, 0.25) is 0 Å². The summed E-state index contributed by atoms with van der Waals surface area (Å²) >= 11 is 3.38. The summed E-state index contributed by atoms with van der Waals surface area (Å²) in [6, 6.07) is 0. The lowest BCUT2D eigenvalue weighted by molar-refractivity contribution is 0.125. The molecule has 1 rings (SSSR count). The van der Waals surface area contributed by atoms with Crippen molar-refractivity contribution >= 4 is 15.9 Å². The van der Waals surface area contributed by atoms with Gasteiger partial charge in [0.15, 0.2) is 0 Å². The maximum absolute atomic E-state index is 5.37. The molecule has 2 heteroatoms. The van der Waals surface area contributed by atoms with Crippen LogP contribution in [0.2, 0.25) is 0 Å². The summed E-state index contributed by atoms with van der Waals surface area (Å²) in [5.74, 6) is 0.776. The van der Waals surface area contributed by atoms with Crippen LogP contribution in [-0.2, 0) is 4.74 Å². The quantitative estimate of drug-likeness (QED) is 0.557. The van der Waals surface area contributed by atoms with Crippen LogP contribution in [0.3, 0.4) is 0 Å². The summed E-state index contributed by atoms with van der Waals surface area (Å²) in [6.07, 6.45) is 1.72. The third-order valence-electron chi connectivity index (χ3n) is 1.45. The third-order valence-corrected chi connectivity index (χ3v) is 2.18. The molecule has 0 unspecified atom stereocenters. The van der Waals surface area contributed by atoms with Gasteiger partial charge in [0.05, 0.1) is 6.10 Å². The summed E-state index contributed by atoms with van der Waals surface area (Å²) in [5.41, 5.74) is 0. The first-order valence-corrected chi connectivity index (χ1v) is 4.12. The van der Waals surface area contributed by atoms with Gasteiger partial charge in [-0.15, -0.1) is 0 Å². The minimum atomic E-state index is 0.491. The predicted octanol–water partition coefficient (Wildman–Crippen LogP) is 1.81. The summed E-state index contributed by atoms with van der Waals surface area (Å²) in [4.78, 5) is 0. The van der Waals surface area contributed by atoms with Gasteiger partial charge in [-0.3, -0.25) is 0 Å². The monoisotopic (exact) mass is 178 g/mol. The van der Waals surface area contributed by atoms with Crippen LogP contribution >= 0.6 is 15.9 Å². The van der Waals surface area contributed by atoms with Crippen molar-refractivity contribution in [2.45, 2.75) is 19.4 Å². The highest BCUT2D eigenvalue weighted by molar-refractivity contribution is 9.09. The van der Waals surface area contributed by atoms with Crippen LogP contribution in [-0.4, -0.2) is 18.0 Å². The van der Waals surface area contributed by atoms with Gasteiger partial charge in [0.25, 0.3) is 0 Å². The van der Waals surface area contributed by atoms with Gasteiger partial charge < -0.3 is 4.74 Å². The predicted molar refractivity (Wildman–Crippen MR) is 37.3 cm³/mol. The molecule has 1 aliphatic rings. The number of rotatable bonds is 1. The van der Waals surface area contributed by atoms with E-state index in [9.17, 15) is 0 Å². The van der Waals surface area contributed by atoms with Gasteiger partial charge in [0.1, 0.15) is 0 Å². The van der Waals surface area contributed by atoms with Crippen molar-refractivity contribution in [3.05, 3.63) is 0 Å². The van der Waals surface area contributed by atoms with E-state index >= 15 is 0 Å². The van der Waals surface area contributed by atoms with E-state index in [2.05, 4.69) is 22.9 Å². The van der Waals surface area contributed by atoms with Gasteiger partial charge in [-0.1, -0.05) is 22.9 Å². The van der Waals surface area contributed by atoms with Crippen LogP contribution in [0, 0.1) is 5.92 Å². The van der Waals surface area contributed by atoms with E-state index in [0.29, 0.717) is 6.10 Å². The van der Waals surface area contributed by atoms with Crippen LogP contribution in [0.4, 0.5) is 0 Å². The van der Waals surface area contributed by atoms with Crippen molar-refractivity contribution in [2.75, 3.05) is 11.9 Å². The Labute approximate surface area is 58.5 Å². The number of ether oxygens (including phenoxy) is 1. The van der Waals surface area contributed by atoms with Crippen molar-refractivity contribution in [2.24, 2.45) is 5.92 Å². The fourth-order valence-corrected chi connectivity index (χ4v) is 1.44. The molecular formula is C6H11BrO. The summed E-state index contributed by atoms with van der Waals surface area (Å²) in [5, 5.41) is 0.997. The largest absolute Gasteiger partial charge is 0.377 e. The number of alkyl halides is 1. The van der Waals surface area contributed by atoms with E-state index in [1.165, 1.54) is 6.42 Å². The second-order valence-corrected chi connectivity index (χ2v) is 3.10. The second-order valence-electron chi connectivity index (χ2n) is 2.45. The minimum absolute atomic E-state index is 0.491. The van der Waals surface area contributed by atoms with Crippen LogP contribution in [0.25, 0.3) is 0 Å². The highest BCUT2D eigenvalue weighted by Crippen LogP contribution is 2.19. The summed E-state index contributed by atoms with van der Waals surface area (Å²) in [7, 11) is 0. The Hall–Kier alpha value is 0.440. The first-order valence-electron chi connectivity index (χ1n) is 3.00. The number of hydrogen-bond donors (Lipinski definition) is 0. The molecule has 0 radical (unpaired) electrons. The molecule has 0 amide bonds. The van der Waals surface area contributed by atoms with E-state index in [-0.39, 0.29) is 0 Å². The van der Waals surface area contributed by atoms with Gasteiger partial charge in [-0.25, -0.2) is 0 Å². The fraction of sp³-hybridized carbons (Fsp3) is 1.00. The van der Waals surface area contributed by atoms with Crippen LogP contribution in [0.15, 0.2) is 0 Å². The molecule has 0 N–H and O–H groups in total. The lowest BCUT2D eigenvalue weighted by atomic mass is 10.1. The molecule has 0 saturated carbocycles. The van der Waals surface area contributed by atoms with Gasteiger partial charge in [-0.05, 0) is 12.3 Å². The molecule has 48 valence electrons. The van der Waals surface area contributed by atoms with Crippen molar-refractivity contribution in [1.29, 1.82) is 0 Å². The van der Waals surface area contributed by atoms with Gasteiger partial charge >= 0.3 is 0 Å². The number of hydrogen-bond acceptors (Lipinski definition) is 1. The Morgan fingerprint density at radius 2 is 2.50 bits per heavy atom. The van der Waals surface area contributed by atoms with Crippen molar-refractivity contribution in [1.82, 2.24) is 0 Å². The Morgan fingerprint density at radius 1 is 1.75 bits per heavy atom. The maximum Gasteiger partial charge on any atom is 0.0675 e. The molecule has 1 heterocycles. The first-order chi connectivity index (χ1) is 3.83. The number of halogens is 1. The lowest BCUT2D eigenvalue weighted by Gasteiger charge is -2.00. The SMILES string of the molecule is C[C@@H]1CO[C@H](CBr)C1. The van der Waals surface area contributed by atoms with Gasteiger partial charge in [-0.2, -0.15) is 0 Å². The van der Waals surface area contributed by atoms with E-state index in [1.807, 2.05) is 0 Å². The zero-order chi connectivity index (χ0) is 5.98. The molecule has 0 aromatic carbocycles. The van der Waals surface area contributed by atoms with Gasteiger partial charge in [0, 0.05) is 11.9 Å². The van der Waals surface area contributed by atoms with Crippen LogP contribution in [0.5, 0.6) is 0 Å². The van der Waals surface area contributed by atoms with Crippen molar-refractivity contribution in [3.63, 3.8) is 0 Å². The van der Waals surface area contributed by atoms with Crippen LogP contribution < -0.4 is 0 Å². The highest BCUT2D eigenvalue weighted by atomic mass is 79.9. The van der Waals surface area contributed by atoms with E-state index in [1.54, 1.807) is 0 Å². The molecule has 2 atom stereocenters. The minimum Gasteiger partial charge on any atom is -0.377 e. The lowest BCUT2D eigenvalue weighted by Crippen LogP contribution is -2.04. The molecule has 0 spiro atoms. The molecule has 1 saturated heterocycles. The average Bonchev–Trinajstić information content (AvgIpc) is 2.14. The normalized spacial score (nSPS) is 38.2. The fourth-order valence-electron chi connectivity index (χ4n) is 0.993. The van der Waals surface area contributed by atoms with E-state index < -0.39 is 0 Å². The molecule has 1 nitrogen and oxygen atoms in total. The molecule has 1 fully saturated rings. The molecule has 0 bridgehead atoms. The van der Waals surface area contributed by atoms with Crippen LogP contribution in [0.1, 0.15) is 13.3 Å². The first kappa shape index (κ1) is 6.56. The Kier molecular flexibility index (Phi) is 2.32. The molecular weight excluding hydrogens is 168 g/mol. The van der Waals surface area contributed by atoms with E-state index in [4.69, 9.17) is 4.74 Å². The van der Waals surface area contributed by atoms with Crippen molar-refractivity contribution in [3.8, 4) is 0 Å². The Bertz CT molecular complexity index is 74.9. The Morgan fingerprint density at radius 3 is 2.75 bits per heavy atom. The average molecular weight is 179 g/mol. The van der Waals surface area contributed by atoms with E-state index in [0.717, 1.165) is 17.9 Å². The molecule has 8 heavy (non-hydrogen) atoms. The Balaban J connectivity index is 2.22. The second kappa shape index (κ2) is 2.83. The molecule has 0 aromatic heterocycles. The zero-order valence-corrected chi connectivity index (χ0v) is 6.65. The molecule has 0 aliphatic carbocycles. The third kappa shape index (κ3) is 1.46. The maximum atomic E-state index is 5.37. The smallest absolute Gasteiger partial charge is 0.0675 e. The summed E-state index contributed by atoms with van der Waals surface area (Å²) < 4.78 is 5.37. The highest BCUT2D eigenvalue weighted by Gasteiger charge is 2.19.